The summed E-state index contributed by atoms with van der Waals surface area (Å²) in [4.78, 5) is 44.5. The van der Waals surface area contributed by atoms with Gasteiger partial charge < -0.3 is 20.3 Å². The summed E-state index contributed by atoms with van der Waals surface area (Å²) in [5.41, 5.74) is 0.528. The molecule has 6 rings (SSSR count). The summed E-state index contributed by atoms with van der Waals surface area (Å²) in [6, 6.07) is 14.4. The van der Waals surface area contributed by atoms with Gasteiger partial charge in [0, 0.05) is 28.2 Å². The van der Waals surface area contributed by atoms with Crippen LogP contribution in [0, 0.1) is 11.8 Å². The second-order valence-corrected chi connectivity index (χ2v) is 12.5. The van der Waals surface area contributed by atoms with Crippen LogP contribution in [0.15, 0.2) is 65.6 Å². The number of ether oxygens (including phenoxy) is 1. The Morgan fingerprint density at radius 2 is 1.88 bits per heavy atom. The minimum atomic E-state index is -1.16. The summed E-state index contributed by atoms with van der Waals surface area (Å²) < 4.78 is 6.47. The van der Waals surface area contributed by atoms with Crippen LogP contribution in [-0.2, 0) is 25.5 Å². The van der Waals surface area contributed by atoms with Crippen LogP contribution in [-0.4, -0.2) is 59.2 Å². The predicted octanol–water partition coefficient (Wildman–Crippen LogP) is 4.84. The standard InChI is InChI=1S/C31H34ClN3O4S/c1-40-23-9-5-8-22(18-23)34-28(36)25-24-14-16-31(39-24)26(25)30(38)35(17-15-19-10-12-20(32)13-11-19)27(31)29(37)33-21-6-3-2-4-7-21/h5,8-14,16,18,21,24-27H,2-4,6-7,15,17H2,1H3,(H,33,37)(H,34,36). The molecule has 2 aromatic carbocycles. The summed E-state index contributed by atoms with van der Waals surface area (Å²) >= 11 is 7.66. The van der Waals surface area contributed by atoms with E-state index in [4.69, 9.17) is 16.3 Å². The molecule has 5 unspecified atom stereocenters. The Hall–Kier alpha value is -2.81. The van der Waals surface area contributed by atoms with Gasteiger partial charge in [0.2, 0.25) is 17.7 Å². The lowest BCUT2D eigenvalue weighted by atomic mass is 9.74. The number of hydrogen-bond donors (Lipinski definition) is 2. The van der Waals surface area contributed by atoms with Crippen molar-refractivity contribution in [3.63, 3.8) is 0 Å². The normalized spacial score (nSPS) is 29.1. The number of carbonyl (C=O) groups is 3. The summed E-state index contributed by atoms with van der Waals surface area (Å²) in [6.07, 6.45) is 10.9. The van der Waals surface area contributed by atoms with Crippen molar-refractivity contribution in [2.24, 2.45) is 11.8 Å². The minimum Gasteiger partial charge on any atom is -0.359 e. The van der Waals surface area contributed by atoms with E-state index in [2.05, 4.69) is 10.6 Å². The van der Waals surface area contributed by atoms with Gasteiger partial charge in [-0.25, -0.2) is 0 Å². The zero-order valence-electron chi connectivity index (χ0n) is 22.5. The number of nitrogens with one attached hydrogen (secondary N) is 2. The van der Waals surface area contributed by atoms with E-state index in [1.54, 1.807) is 16.7 Å². The molecule has 2 saturated heterocycles. The van der Waals surface area contributed by atoms with Crippen LogP contribution >= 0.6 is 23.4 Å². The molecule has 3 fully saturated rings. The van der Waals surface area contributed by atoms with Crippen molar-refractivity contribution in [2.75, 3.05) is 18.1 Å². The van der Waals surface area contributed by atoms with Gasteiger partial charge >= 0.3 is 0 Å². The van der Waals surface area contributed by atoms with E-state index in [1.165, 1.54) is 6.42 Å². The number of halogens is 1. The number of nitrogens with zero attached hydrogens (tertiary/aromatic N) is 1. The smallest absolute Gasteiger partial charge is 0.246 e. The van der Waals surface area contributed by atoms with Crippen molar-refractivity contribution in [1.82, 2.24) is 10.2 Å². The topological polar surface area (TPSA) is 87.7 Å². The average molecular weight is 580 g/mol. The maximum absolute atomic E-state index is 14.1. The molecule has 2 N–H and O–H groups in total. The lowest BCUT2D eigenvalue weighted by Crippen LogP contribution is -2.56. The molecule has 3 amide bonds. The highest BCUT2D eigenvalue weighted by atomic mass is 35.5. The number of anilines is 1. The Kier molecular flexibility index (Phi) is 7.68. The quantitative estimate of drug-likeness (QED) is 0.345. The van der Waals surface area contributed by atoms with Crippen LogP contribution in [0.5, 0.6) is 0 Å². The predicted molar refractivity (Wildman–Crippen MR) is 156 cm³/mol. The number of carbonyl (C=O) groups excluding carboxylic acids is 3. The third-order valence-electron chi connectivity index (χ3n) is 8.77. The van der Waals surface area contributed by atoms with Crippen molar-refractivity contribution in [3.8, 4) is 0 Å². The van der Waals surface area contributed by atoms with Gasteiger partial charge in [0.15, 0.2) is 0 Å². The van der Waals surface area contributed by atoms with Gasteiger partial charge in [0.1, 0.15) is 11.6 Å². The molecule has 9 heteroatoms. The highest BCUT2D eigenvalue weighted by Gasteiger charge is 2.72. The van der Waals surface area contributed by atoms with Crippen molar-refractivity contribution in [1.29, 1.82) is 0 Å². The van der Waals surface area contributed by atoms with Crippen LogP contribution in [0.25, 0.3) is 0 Å². The van der Waals surface area contributed by atoms with Crippen molar-refractivity contribution < 1.29 is 19.1 Å². The van der Waals surface area contributed by atoms with Crippen LogP contribution < -0.4 is 10.6 Å². The Morgan fingerprint density at radius 1 is 1.10 bits per heavy atom. The zero-order chi connectivity index (χ0) is 27.9. The molecule has 1 spiro atoms. The highest BCUT2D eigenvalue weighted by molar-refractivity contribution is 7.98. The largest absolute Gasteiger partial charge is 0.359 e. The minimum absolute atomic E-state index is 0.0929. The fraction of sp³-hybridized carbons (Fsp3) is 0.452. The zero-order valence-corrected chi connectivity index (χ0v) is 24.0. The van der Waals surface area contributed by atoms with Gasteiger partial charge in [-0.1, -0.05) is 61.2 Å². The maximum Gasteiger partial charge on any atom is 0.246 e. The van der Waals surface area contributed by atoms with Gasteiger partial charge in [0.25, 0.3) is 0 Å². The average Bonchev–Trinajstić information content (AvgIpc) is 3.60. The third kappa shape index (κ3) is 4.95. The van der Waals surface area contributed by atoms with E-state index in [0.29, 0.717) is 23.7 Å². The molecule has 0 radical (unpaired) electrons. The highest BCUT2D eigenvalue weighted by Crippen LogP contribution is 2.55. The molecule has 2 aromatic rings. The van der Waals surface area contributed by atoms with E-state index < -0.39 is 29.6 Å². The fourth-order valence-electron chi connectivity index (χ4n) is 6.86. The molecular weight excluding hydrogens is 546 g/mol. The first kappa shape index (κ1) is 27.4. The summed E-state index contributed by atoms with van der Waals surface area (Å²) in [7, 11) is 0. The number of rotatable bonds is 8. The molecule has 0 aromatic heterocycles. The van der Waals surface area contributed by atoms with Gasteiger partial charge in [-0.2, -0.15) is 0 Å². The summed E-state index contributed by atoms with van der Waals surface area (Å²) in [5.74, 6) is -2.15. The lowest BCUT2D eigenvalue weighted by molar-refractivity contribution is -0.141. The molecule has 5 atom stereocenters. The van der Waals surface area contributed by atoms with Crippen LogP contribution in [0.3, 0.4) is 0 Å². The third-order valence-corrected chi connectivity index (χ3v) is 9.75. The van der Waals surface area contributed by atoms with Gasteiger partial charge in [0.05, 0.1) is 17.9 Å². The molecule has 3 aliphatic heterocycles. The number of hydrogen-bond acceptors (Lipinski definition) is 5. The molecule has 1 saturated carbocycles. The van der Waals surface area contributed by atoms with E-state index in [-0.39, 0.29) is 23.8 Å². The SMILES string of the molecule is CSc1cccc(NC(=O)C2C3C=CC4(O3)C2C(=O)N(CCc2ccc(Cl)cc2)C4C(=O)NC2CCCCC2)c1. The molecular formula is C31H34ClN3O4S. The monoisotopic (exact) mass is 579 g/mol. The summed E-state index contributed by atoms with van der Waals surface area (Å²) in [5, 5.41) is 6.89. The number of benzene rings is 2. The number of thioether (sulfide) groups is 1. The first-order chi connectivity index (χ1) is 19.4. The van der Waals surface area contributed by atoms with Crippen molar-refractivity contribution >= 4 is 46.8 Å². The first-order valence-corrected chi connectivity index (χ1v) is 15.7. The molecule has 210 valence electrons. The summed E-state index contributed by atoms with van der Waals surface area (Å²) in [6.45, 7) is 0.341. The number of fused-ring (bicyclic) bond motifs is 1. The van der Waals surface area contributed by atoms with E-state index in [0.717, 1.165) is 36.1 Å². The van der Waals surface area contributed by atoms with Crippen molar-refractivity contribution in [3.05, 3.63) is 71.3 Å². The fourth-order valence-corrected chi connectivity index (χ4v) is 7.45. The van der Waals surface area contributed by atoms with Gasteiger partial charge in [-0.05, 0) is 61.4 Å². The second kappa shape index (κ2) is 11.2. The Morgan fingerprint density at radius 3 is 2.62 bits per heavy atom. The maximum atomic E-state index is 14.1. The van der Waals surface area contributed by atoms with E-state index in [9.17, 15) is 14.4 Å². The molecule has 4 aliphatic rings. The number of amides is 3. The van der Waals surface area contributed by atoms with Crippen molar-refractivity contribution in [2.45, 2.75) is 67.2 Å². The Labute approximate surface area is 244 Å². The van der Waals surface area contributed by atoms with Crippen LogP contribution in [0.2, 0.25) is 5.02 Å². The first-order valence-electron chi connectivity index (χ1n) is 14.1. The Balaban J connectivity index is 1.28. The van der Waals surface area contributed by atoms with Crippen LogP contribution in [0.4, 0.5) is 5.69 Å². The lowest BCUT2D eigenvalue weighted by Gasteiger charge is -2.34. The van der Waals surface area contributed by atoms with Gasteiger partial charge in [-0.15, -0.1) is 11.8 Å². The molecule has 7 nitrogen and oxygen atoms in total. The van der Waals surface area contributed by atoms with Gasteiger partial charge in [-0.3, -0.25) is 14.4 Å². The molecule has 40 heavy (non-hydrogen) atoms. The molecule has 2 bridgehead atoms. The molecule has 1 aliphatic carbocycles. The second-order valence-electron chi connectivity index (χ2n) is 11.2. The number of likely N-dealkylation sites (tertiary alicyclic amines) is 1. The van der Waals surface area contributed by atoms with Crippen LogP contribution in [0.1, 0.15) is 37.7 Å². The molecule has 3 heterocycles. The Bertz CT molecular complexity index is 1330. The van der Waals surface area contributed by atoms with E-state index in [1.807, 2.05) is 66.9 Å². The van der Waals surface area contributed by atoms with E-state index >= 15 is 0 Å².